The van der Waals surface area contributed by atoms with Gasteiger partial charge in [0.05, 0.1) is 11.9 Å². The first kappa shape index (κ1) is 22.3. The number of nitrogens with zero attached hydrogens (tertiary/aromatic N) is 7. The molecule has 0 aromatic carbocycles. The van der Waals surface area contributed by atoms with Crippen LogP contribution in [0.2, 0.25) is 0 Å². The molecule has 0 N–H and O–H groups in total. The Balaban J connectivity index is 1.54. The fraction of sp³-hybridized carbons (Fsp3) is 0.524. The van der Waals surface area contributed by atoms with E-state index in [1.54, 1.807) is 30.4 Å². The summed E-state index contributed by atoms with van der Waals surface area (Å²) in [6.45, 7) is 8.37. The fourth-order valence-corrected chi connectivity index (χ4v) is 3.75. The molecule has 0 atom stereocenters. The molecule has 0 spiro atoms. The van der Waals surface area contributed by atoms with E-state index in [4.69, 9.17) is 0 Å². The number of carbonyl (C=O) groups excluding carboxylic acids is 1. The SMILES string of the molecule is Cn1cc(CN2CCN(C(=O)c3cc4nc(C(C)(C)C)cc(C(F)(F)F)n4n3)CC2)cn1. The van der Waals surface area contributed by atoms with Crippen molar-refractivity contribution in [2.75, 3.05) is 26.2 Å². The fourth-order valence-electron chi connectivity index (χ4n) is 3.75. The summed E-state index contributed by atoms with van der Waals surface area (Å²) in [6.07, 6.45) is -0.859. The number of aromatic nitrogens is 5. The van der Waals surface area contributed by atoms with Crippen molar-refractivity contribution in [3.05, 3.63) is 47.2 Å². The van der Waals surface area contributed by atoms with E-state index in [2.05, 4.69) is 20.1 Å². The normalized spacial score (nSPS) is 16.2. The standard InChI is InChI=1S/C21H26F3N7O/c1-20(2,3)16-10-17(21(22,23)24)31-18(26-16)9-15(27-31)19(32)30-7-5-29(6-8-30)13-14-11-25-28(4)12-14/h9-12H,5-8,13H2,1-4H3. The largest absolute Gasteiger partial charge is 0.433 e. The predicted molar refractivity (Wildman–Crippen MR) is 111 cm³/mol. The molecule has 11 heteroatoms. The summed E-state index contributed by atoms with van der Waals surface area (Å²) in [4.78, 5) is 21.2. The minimum atomic E-state index is -4.62. The number of carbonyl (C=O) groups is 1. The number of amides is 1. The monoisotopic (exact) mass is 449 g/mol. The molecule has 0 bridgehead atoms. The molecule has 1 aliphatic heterocycles. The number of alkyl halides is 3. The highest BCUT2D eigenvalue weighted by atomic mass is 19.4. The maximum absolute atomic E-state index is 13.7. The van der Waals surface area contributed by atoms with Crippen molar-refractivity contribution in [1.82, 2.24) is 34.2 Å². The molecule has 172 valence electrons. The van der Waals surface area contributed by atoms with E-state index in [1.807, 2.05) is 19.4 Å². The predicted octanol–water partition coefficient (Wildman–Crippen LogP) is 2.74. The first-order valence-electron chi connectivity index (χ1n) is 10.4. The summed E-state index contributed by atoms with van der Waals surface area (Å²) in [6, 6.07) is 2.35. The third-order valence-corrected chi connectivity index (χ3v) is 5.53. The topological polar surface area (TPSA) is 71.6 Å². The summed E-state index contributed by atoms with van der Waals surface area (Å²) in [7, 11) is 1.86. The van der Waals surface area contributed by atoms with Crippen LogP contribution in [0.25, 0.3) is 5.65 Å². The lowest BCUT2D eigenvalue weighted by molar-refractivity contribution is -0.142. The highest BCUT2D eigenvalue weighted by Crippen LogP contribution is 2.32. The van der Waals surface area contributed by atoms with Crippen molar-refractivity contribution in [2.24, 2.45) is 7.05 Å². The van der Waals surface area contributed by atoms with Crippen LogP contribution < -0.4 is 0 Å². The van der Waals surface area contributed by atoms with Crippen LogP contribution in [-0.4, -0.2) is 66.3 Å². The summed E-state index contributed by atoms with van der Waals surface area (Å²) in [5, 5.41) is 8.15. The highest BCUT2D eigenvalue weighted by Gasteiger charge is 2.37. The number of rotatable bonds is 3. The van der Waals surface area contributed by atoms with Gasteiger partial charge in [0.25, 0.3) is 5.91 Å². The van der Waals surface area contributed by atoms with Crippen molar-refractivity contribution in [2.45, 2.75) is 38.9 Å². The van der Waals surface area contributed by atoms with Crippen LogP contribution in [0.5, 0.6) is 0 Å². The molecule has 1 fully saturated rings. The zero-order valence-electron chi connectivity index (χ0n) is 18.5. The quantitative estimate of drug-likeness (QED) is 0.615. The molecule has 0 aliphatic carbocycles. The van der Waals surface area contributed by atoms with Gasteiger partial charge in [-0.25, -0.2) is 9.50 Å². The number of aryl methyl sites for hydroxylation is 1. The second-order valence-electron chi connectivity index (χ2n) is 9.16. The van der Waals surface area contributed by atoms with E-state index in [1.165, 1.54) is 6.07 Å². The van der Waals surface area contributed by atoms with Crippen LogP contribution in [0.1, 0.15) is 48.2 Å². The van der Waals surface area contributed by atoms with Crippen LogP contribution in [0.15, 0.2) is 24.5 Å². The first-order chi connectivity index (χ1) is 14.9. The molecule has 4 rings (SSSR count). The Morgan fingerprint density at radius 1 is 1.09 bits per heavy atom. The molecule has 4 heterocycles. The Hall–Kier alpha value is -2.95. The lowest BCUT2D eigenvalue weighted by Gasteiger charge is -2.34. The average molecular weight is 449 g/mol. The number of piperazine rings is 1. The van der Waals surface area contributed by atoms with Crippen molar-refractivity contribution in [3.63, 3.8) is 0 Å². The van der Waals surface area contributed by atoms with Gasteiger partial charge in [-0.1, -0.05) is 20.8 Å². The Labute approximate surface area is 183 Å². The van der Waals surface area contributed by atoms with Crippen molar-refractivity contribution in [3.8, 4) is 0 Å². The van der Waals surface area contributed by atoms with E-state index < -0.39 is 17.3 Å². The second kappa shape index (κ2) is 7.88. The van der Waals surface area contributed by atoms with E-state index in [-0.39, 0.29) is 17.2 Å². The van der Waals surface area contributed by atoms with Gasteiger partial charge in [-0.05, 0) is 6.07 Å². The van der Waals surface area contributed by atoms with Crippen molar-refractivity contribution in [1.29, 1.82) is 0 Å². The van der Waals surface area contributed by atoms with E-state index in [0.717, 1.165) is 22.7 Å². The van der Waals surface area contributed by atoms with E-state index in [9.17, 15) is 18.0 Å². The van der Waals surface area contributed by atoms with Gasteiger partial charge in [0.1, 0.15) is 5.69 Å². The average Bonchev–Trinajstić information content (AvgIpc) is 3.31. The summed E-state index contributed by atoms with van der Waals surface area (Å²) >= 11 is 0. The Kier molecular flexibility index (Phi) is 5.48. The van der Waals surface area contributed by atoms with Crippen LogP contribution in [-0.2, 0) is 25.2 Å². The molecule has 1 aliphatic rings. The number of halogens is 3. The van der Waals surface area contributed by atoms with E-state index in [0.29, 0.717) is 31.9 Å². The Bertz CT molecular complexity index is 1130. The maximum Gasteiger partial charge on any atom is 0.433 e. The van der Waals surface area contributed by atoms with Gasteiger partial charge < -0.3 is 4.90 Å². The van der Waals surface area contributed by atoms with Gasteiger partial charge in [-0.2, -0.15) is 23.4 Å². The lowest BCUT2D eigenvalue weighted by atomic mass is 9.91. The van der Waals surface area contributed by atoms with Crippen LogP contribution >= 0.6 is 0 Å². The maximum atomic E-state index is 13.7. The second-order valence-corrected chi connectivity index (χ2v) is 9.16. The zero-order valence-corrected chi connectivity index (χ0v) is 18.5. The van der Waals surface area contributed by atoms with Gasteiger partial charge >= 0.3 is 6.18 Å². The van der Waals surface area contributed by atoms with Crippen LogP contribution in [0.3, 0.4) is 0 Å². The van der Waals surface area contributed by atoms with Gasteiger partial charge in [0.15, 0.2) is 11.3 Å². The molecule has 0 radical (unpaired) electrons. The summed E-state index contributed by atoms with van der Waals surface area (Å²) < 4.78 is 43.5. The minimum Gasteiger partial charge on any atom is -0.335 e. The Morgan fingerprint density at radius 2 is 1.78 bits per heavy atom. The van der Waals surface area contributed by atoms with Gasteiger partial charge in [0, 0.05) is 63.0 Å². The molecule has 3 aromatic rings. The first-order valence-corrected chi connectivity index (χ1v) is 10.4. The molecule has 3 aromatic heterocycles. The highest BCUT2D eigenvalue weighted by molar-refractivity contribution is 5.93. The molecule has 1 amide bonds. The minimum absolute atomic E-state index is 0.0170. The lowest BCUT2D eigenvalue weighted by Crippen LogP contribution is -2.48. The molecular weight excluding hydrogens is 423 g/mol. The summed E-state index contributed by atoms with van der Waals surface area (Å²) in [5.41, 5.74) is -0.153. The number of fused-ring (bicyclic) bond motifs is 1. The third-order valence-electron chi connectivity index (χ3n) is 5.53. The van der Waals surface area contributed by atoms with Gasteiger partial charge in [-0.15, -0.1) is 0 Å². The third kappa shape index (κ3) is 4.47. The van der Waals surface area contributed by atoms with Crippen LogP contribution in [0, 0.1) is 0 Å². The molecule has 32 heavy (non-hydrogen) atoms. The number of hydrogen-bond donors (Lipinski definition) is 0. The smallest absolute Gasteiger partial charge is 0.335 e. The van der Waals surface area contributed by atoms with Crippen LogP contribution in [0.4, 0.5) is 13.2 Å². The molecule has 0 unspecified atom stereocenters. The van der Waals surface area contributed by atoms with Crippen molar-refractivity contribution >= 4 is 11.6 Å². The molecular formula is C21H26F3N7O. The van der Waals surface area contributed by atoms with Gasteiger partial charge in [0.2, 0.25) is 0 Å². The Morgan fingerprint density at radius 3 is 2.34 bits per heavy atom. The molecule has 0 saturated carbocycles. The molecule has 1 saturated heterocycles. The van der Waals surface area contributed by atoms with Crippen molar-refractivity contribution < 1.29 is 18.0 Å². The van der Waals surface area contributed by atoms with Gasteiger partial charge in [-0.3, -0.25) is 14.4 Å². The molecule has 8 nitrogen and oxygen atoms in total. The zero-order chi connectivity index (χ0) is 23.3. The number of hydrogen-bond acceptors (Lipinski definition) is 5. The summed E-state index contributed by atoms with van der Waals surface area (Å²) in [5.74, 6) is -0.387. The van der Waals surface area contributed by atoms with E-state index >= 15 is 0 Å².